The average molecular weight is 544 g/mol. The van der Waals surface area contributed by atoms with Crippen molar-refractivity contribution >= 4 is 22.7 Å². The highest BCUT2D eigenvalue weighted by atomic mass is 16.5. The minimum Gasteiger partial charge on any atom is -0.486 e. The molecule has 4 atom stereocenters. The molecule has 4 N–H and O–H groups in total. The van der Waals surface area contributed by atoms with Gasteiger partial charge in [0.2, 0.25) is 11.8 Å². The van der Waals surface area contributed by atoms with E-state index in [0.717, 1.165) is 47.8 Å². The molecule has 0 bridgehead atoms. The smallest absolute Gasteiger partial charge is 0.247 e. The van der Waals surface area contributed by atoms with Crippen LogP contribution in [0.5, 0.6) is 5.75 Å². The number of ether oxygens (including phenoxy) is 1. The number of aromatic amines is 1. The number of rotatable bonds is 9. The summed E-state index contributed by atoms with van der Waals surface area (Å²) in [4.78, 5) is 32.5. The lowest BCUT2D eigenvalue weighted by Gasteiger charge is -2.41. The van der Waals surface area contributed by atoms with E-state index in [1.807, 2.05) is 42.5 Å². The zero-order valence-corrected chi connectivity index (χ0v) is 22.6. The summed E-state index contributed by atoms with van der Waals surface area (Å²) in [5, 5.41) is 25.0. The maximum Gasteiger partial charge on any atom is 0.247 e. The highest BCUT2D eigenvalue weighted by Crippen LogP contribution is 2.47. The number of fused-ring (bicyclic) bond motifs is 4. The fourth-order valence-electron chi connectivity index (χ4n) is 6.72. The number of H-pyrrole nitrogens is 1. The van der Waals surface area contributed by atoms with Gasteiger partial charge >= 0.3 is 0 Å². The number of amides is 2. The first kappa shape index (κ1) is 26.6. The molecule has 3 aliphatic rings. The van der Waals surface area contributed by atoms with Crippen molar-refractivity contribution in [2.24, 2.45) is 5.92 Å². The van der Waals surface area contributed by atoms with E-state index in [4.69, 9.17) is 4.74 Å². The van der Waals surface area contributed by atoms with E-state index in [0.29, 0.717) is 36.6 Å². The van der Waals surface area contributed by atoms with Gasteiger partial charge in [0.25, 0.3) is 0 Å². The fourth-order valence-corrected chi connectivity index (χ4v) is 6.72. The Balaban J connectivity index is 1.33. The van der Waals surface area contributed by atoms with Crippen LogP contribution in [0.4, 0.5) is 0 Å². The van der Waals surface area contributed by atoms with Gasteiger partial charge in [-0.1, -0.05) is 49.2 Å². The lowest BCUT2D eigenvalue weighted by Crippen LogP contribution is -2.56. The van der Waals surface area contributed by atoms with E-state index in [2.05, 4.69) is 22.4 Å². The number of nitrogens with one attached hydrogen (secondary N) is 2. The van der Waals surface area contributed by atoms with Crippen molar-refractivity contribution in [3.05, 3.63) is 77.5 Å². The van der Waals surface area contributed by atoms with E-state index in [9.17, 15) is 19.8 Å². The summed E-state index contributed by atoms with van der Waals surface area (Å²) in [6, 6.07) is 17.0. The molecule has 210 valence electrons. The van der Waals surface area contributed by atoms with Gasteiger partial charge in [-0.2, -0.15) is 0 Å². The van der Waals surface area contributed by atoms with Gasteiger partial charge in [0.05, 0.1) is 18.6 Å². The van der Waals surface area contributed by atoms with Crippen LogP contribution in [-0.4, -0.2) is 69.9 Å². The maximum absolute atomic E-state index is 13.9. The molecule has 2 aromatic carbocycles. The third-order valence-electron chi connectivity index (χ3n) is 8.70. The highest BCUT2D eigenvalue weighted by Gasteiger charge is 2.50. The first-order chi connectivity index (χ1) is 19.5. The molecule has 3 aromatic rings. The Bertz CT molecular complexity index is 1380. The molecule has 8 heteroatoms. The molecular weight excluding hydrogens is 506 g/mol. The molecule has 2 aliphatic carbocycles. The number of aliphatic hydroxyl groups is 2. The second kappa shape index (κ2) is 11.5. The van der Waals surface area contributed by atoms with Gasteiger partial charge in [-0.3, -0.25) is 9.59 Å². The Labute approximate surface area is 234 Å². The van der Waals surface area contributed by atoms with Gasteiger partial charge in [0.1, 0.15) is 18.0 Å². The van der Waals surface area contributed by atoms with Crippen LogP contribution >= 0.6 is 0 Å². The average Bonchev–Trinajstić information content (AvgIpc) is 3.71. The molecule has 6 rings (SSSR count). The molecule has 1 aromatic heterocycles. The topological polar surface area (TPSA) is 115 Å². The summed E-state index contributed by atoms with van der Waals surface area (Å²) < 4.78 is 6.24. The number of carbonyl (C=O) groups excluding carboxylic acids is 2. The van der Waals surface area contributed by atoms with Crippen LogP contribution in [0.1, 0.15) is 49.3 Å². The summed E-state index contributed by atoms with van der Waals surface area (Å²) in [6.07, 6.45) is 5.45. The number of aromatic nitrogens is 1. The molecule has 8 nitrogen and oxygen atoms in total. The van der Waals surface area contributed by atoms with E-state index < -0.39 is 24.2 Å². The van der Waals surface area contributed by atoms with Gasteiger partial charge in [-0.25, -0.2) is 0 Å². The quantitative estimate of drug-likeness (QED) is 0.330. The zero-order valence-electron chi connectivity index (χ0n) is 22.6. The number of benzene rings is 2. The monoisotopic (exact) mass is 543 g/mol. The Morgan fingerprint density at radius 1 is 1.07 bits per heavy atom. The molecule has 0 spiro atoms. The maximum atomic E-state index is 13.9. The SMILES string of the molecule is O=C(NCCO)C1=CC(N(CCc2cc3ccccc3[nH]2)C(=O)CC2CCCC2)C(O)C2Oc3ccccc3C12. The number of carbonyl (C=O) groups is 2. The standard InChI is InChI=1S/C32H37N3O5/c36-16-14-33-32(39)24-19-26(30(38)31-29(24)23-10-4-6-12-27(23)40-31)35(28(37)17-20-7-1-2-8-20)15-13-22-18-21-9-3-5-11-25(21)34-22/h3-6,9-12,18-20,26,29-31,34,36,38H,1-2,7-8,13-17H2,(H,33,39). The Morgan fingerprint density at radius 3 is 2.65 bits per heavy atom. The predicted molar refractivity (Wildman–Crippen MR) is 152 cm³/mol. The van der Waals surface area contributed by atoms with Gasteiger partial charge < -0.3 is 30.2 Å². The molecule has 1 aliphatic heterocycles. The van der Waals surface area contributed by atoms with Crippen LogP contribution < -0.4 is 10.1 Å². The van der Waals surface area contributed by atoms with E-state index in [-0.39, 0.29) is 25.0 Å². The number of aliphatic hydroxyl groups excluding tert-OH is 2. The number of nitrogens with zero attached hydrogens (tertiary/aromatic N) is 1. The van der Waals surface area contributed by atoms with Crippen LogP contribution in [0.2, 0.25) is 0 Å². The summed E-state index contributed by atoms with van der Waals surface area (Å²) in [6.45, 7) is 0.337. The molecule has 1 saturated carbocycles. The lowest BCUT2D eigenvalue weighted by atomic mass is 9.77. The van der Waals surface area contributed by atoms with E-state index in [1.54, 1.807) is 11.0 Å². The lowest BCUT2D eigenvalue weighted by molar-refractivity contribution is -0.138. The Hall–Kier alpha value is -3.62. The summed E-state index contributed by atoms with van der Waals surface area (Å²) in [5.41, 5.74) is 3.36. The number of hydrogen-bond donors (Lipinski definition) is 4. The van der Waals surface area contributed by atoms with Crippen molar-refractivity contribution < 1.29 is 24.5 Å². The fraction of sp³-hybridized carbons (Fsp3) is 0.438. The summed E-state index contributed by atoms with van der Waals surface area (Å²) >= 11 is 0. The summed E-state index contributed by atoms with van der Waals surface area (Å²) in [5.74, 6) is 0.203. The van der Waals surface area contributed by atoms with Crippen molar-refractivity contribution in [1.29, 1.82) is 0 Å². The molecule has 1 fully saturated rings. The van der Waals surface area contributed by atoms with Crippen molar-refractivity contribution in [1.82, 2.24) is 15.2 Å². The predicted octanol–water partition coefficient (Wildman–Crippen LogP) is 3.44. The normalized spacial score (nSPS) is 23.8. The summed E-state index contributed by atoms with van der Waals surface area (Å²) in [7, 11) is 0. The number of hydrogen-bond acceptors (Lipinski definition) is 5. The second-order valence-corrected chi connectivity index (χ2v) is 11.3. The second-order valence-electron chi connectivity index (χ2n) is 11.3. The van der Waals surface area contributed by atoms with Gasteiger partial charge in [0.15, 0.2) is 0 Å². The van der Waals surface area contributed by atoms with Gasteiger partial charge in [-0.15, -0.1) is 0 Å². The van der Waals surface area contributed by atoms with Crippen molar-refractivity contribution in [3.8, 4) is 5.75 Å². The van der Waals surface area contributed by atoms with Gasteiger partial charge in [-0.05, 0) is 48.4 Å². The van der Waals surface area contributed by atoms with Crippen molar-refractivity contribution in [2.75, 3.05) is 19.7 Å². The van der Waals surface area contributed by atoms with Crippen molar-refractivity contribution in [2.45, 2.75) is 62.7 Å². The molecular formula is C32H37N3O5. The number of para-hydroxylation sites is 2. The van der Waals surface area contributed by atoms with Crippen LogP contribution in [0.3, 0.4) is 0 Å². The largest absolute Gasteiger partial charge is 0.486 e. The Morgan fingerprint density at radius 2 is 1.85 bits per heavy atom. The first-order valence-corrected chi connectivity index (χ1v) is 14.4. The molecule has 0 saturated heterocycles. The van der Waals surface area contributed by atoms with Crippen molar-refractivity contribution in [3.63, 3.8) is 0 Å². The van der Waals surface area contributed by atoms with Crippen LogP contribution in [-0.2, 0) is 16.0 Å². The Kier molecular flexibility index (Phi) is 7.63. The molecule has 4 unspecified atom stereocenters. The van der Waals surface area contributed by atoms with Crippen LogP contribution in [0.25, 0.3) is 10.9 Å². The molecule has 40 heavy (non-hydrogen) atoms. The molecule has 2 amide bonds. The molecule has 0 radical (unpaired) electrons. The van der Waals surface area contributed by atoms with E-state index in [1.165, 1.54) is 0 Å². The molecule has 2 heterocycles. The van der Waals surface area contributed by atoms with E-state index >= 15 is 0 Å². The van der Waals surface area contributed by atoms with Gasteiger partial charge in [0, 0.05) is 48.3 Å². The minimum absolute atomic E-state index is 0.00705. The van der Waals surface area contributed by atoms with Crippen LogP contribution in [0.15, 0.2) is 66.2 Å². The zero-order chi connectivity index (χ0) is 27.6. The third kappa shape index (κ3) is 5.13. The third-order valence-corrected chi connectivity index (χ3v) is 8.70. The van der Waals surface area contributed by atoms with Crippen LogP contribution in [0, 0.1) is 5.92 Å². The minimum atomic E-state index is -1.01. The highest BCUT2D eigenvalue weighted by molar-refractivity contribution is 5.96. The first-order valence-electron chi connectivity index (χ1n) is 14.4.